The van der Waals surface area contributed by atoms with Gasteiger partial charge in [-0.1, -0.05) is 0 Å². The van der Waals surface area contributed by atoms with E-state index in [0.717, 1.165) is 0 Å². The van der Waals surface area contributed by atoms with Gasteiger partial charge in [0.15, 0.2) is 0 Å². The molecule has 23 valence electrons. The van der Waals surface area contributed by atoms with Gasteiger partial charge in [-0.2, -0.15) is 0 Å². The van der Waals surface area contributed by atoms with E-state index in [0.29, 0.717) is 0 Å². The summed E-state index contributed by atoms with van der Waals surface area (Å²) < 4.78 is 0. The molecule has 0 aliphatic heterocycles. The Morgan fingerprint density at radius 1 is 1.00 bits per heavy atom. The van der Waals surface area contributed by atoms with Gasteiger partial charge in [-0.05, 0) is 0 Å². The second-order valence-electron chi connectivity index (χ2n) is 0. The molecular formula is CeEuLaTb. The molecule has 4 heteroatoms. The molecule has 0 aliphatic rings. The Hall–Kier alpha value is 5.44. The fourth-order valence-corrected chi connectivity index (χ4v) is 0. The fourth-order valence-electron chi connectivity index (χ4n) is 0. The van der Waals surface area contributed by atoms with E-state index < -0.39 is 0 Å². The van der Waals surface area contributed by atoms with Crippen LogP contribution in [-0.4, -0.2) is 0 Å². The zero-order chi connectivity index (χ0) is 0. The summed E-state index contributed by atoms with van der Waals surface area (Å²) >= 11 is 0. The largest absolute Gasteiger partial charge is 0 e. The van der Waals surface area contributed by atoms with Crippen LogP contribution in [0, 0.1) is 165 Å². The van der Waals surface area contributed by atoms with E-state index in [-0.39, 0.29) is 165 Å². The molecule has 0 spiro atoms. The topological polar surface area (TPSA) is 0 Å². The number of rotatable bonds is 0. The molecule has 0 atom stereocenters. The summed E-state index contributed by atoms with van der Waals surface area (Å²) in [6.07, 6.45) is 0. The van der Waals surface area contributed by atoms with Crippen LogP contribution in [-0.2, 0) is 0 Å². The molecule has 0 N–H and O–H groups in total. The summed E-state index contributed by atoms with van der Waals surface area (Å²) in [5, 5.41) is 0. The van der Waals surface area contributed by atoms with Gasteiger partial charge in [0.1, 0.15) is 0 Å². The molecule has 0 nitrogen and oxygen atoms in total. The van der Waals surface area contributed by atoms with Gasteiger partial charge in [-0.25, -0.2) is 0 Å². The average molecular weight is 590 g/mol. The van der Waals surface area contributed by atoms with Crippen molar-refractivity contribution in [2.75, 3.05) is 0 Å². The van der Waals surface area contributed by atoms with Gasteiger partial charge >= 0.3 is 0 Å². The van der Waals surface area contributed by atoms with E-state index in [1.165, 1.54) is 0 Å². The maximum atomic E-state index is 0. The van der Waals surface area contributed by atoms with Crippen molar-refractivity contribution < 1.29 is 165 Å². The van der Waals surface area contributed by atoms with Crippen LogP contribution in [0.2, 0.25) is 0 Å². The van der Waals surface area contributed by atoms with Crippen molar-refractivity contribution in [3.63, 3.8) is 0 Å². The van der Waals surface area contributed by atoms with Crippen molar-refractivity contribution in [1.82, 2.24) is 0 Å². The van der Waals surface area contributed by atoms with Crippen molar-refractivity contribution in [3.05, 3.63) is 0 Å². The first-order valence-corrected chi connectivity index (χ1v) is 0. The molecule has 0 amide bonds. The quantitative estimate of drug-likeness (QED) is 0.374. The Kier molecular flexibility index (Phi) is 89.7. The third-order valence-electron chi connectivity index (χ3n) is 0. The summed E-state index contributed by atoms with van der Waals surface area (Å²) in [5.74, 6) is 0. The first-order chi connectivity index (χ1) is 0. The van der Waals surface area contributed by atoms with Gasteiger partial charge < -0.3 is 0 Å². The van der Waals surface area contributed by atoms with Crippen LogP contribution in [0.15, 0.2) is 0 Å². The van der Waals surface area contributed by atoms with Crippen molar-refractivity contribution in [2.45, 2.75) is 0 Å². The van der Waals surface area contributed by atoms with Gasteiger partial charge in [-0.3, -0.25) is 0 Å². The predicted molar refractivity (Wildman–Crippen MR) is 0 cm³/mol. The molecule has 3 radical (unpaired) electrons. The van der Waals surface area contributed by atoms with Crippen LogP contribution in [0.3, 0.4) is 0 Å². The normalized spacial score (nSPS) is 0. The van der Waals surface area contributed by atoms with Gasteiger partial charge in [-0.15, -0.1) is 0 Å². The molecular weight excluding hydrogens is 590 g/mol. The third kappa shape index (κ3) is 10.4. The number of hydrogen-bond donors (Lipinski definition) is 0. The Balaban J connectivity index is 0. The van der Waals surface area contributed by atoms with Crippen LogP contribution in [0.4, 0.5) is 0 Å². The van der Waals surface area contributed by atoms with Gasteiger partial charge in [0.05, 0.1) is 0 Å². The zero-order valence-electron chi connectivity index (χ0n) is 1.79. The van der Waals surface area contributed by atoms with Crippen LogP contribution < -0.4 is 0 Å². The van der Waals surface area contributed by atoms with Gasteiger partial charge in [0.2, 0.25) is 0 Å². The maximum absolute atomic E-state index is 0. The van der Waals surface area contributed by atoms with Crippen LogP contribution in [0.1, 0.15) is 0 Å². The summed E-state index contributed by atoms with van der Waals surface area (Å²) in [7, 11) is 0. The van der Waals surface area contributed by atoms with Crippen molar-refractivity contribution in [1.29, 1.82) is 0 Å². The monoisotopic (exact) mass is 591 g/mol. The average Bonchev–Trinajstić information content (AvgIpc) is 0. The molecule has 0 unspecified atom stereocenters. The van der Waals surface area contributed by atoms with E-state index in [4.69, 9.17) is 0 Å². The SMILES string of the molecule is [Ce].[Eu].[La].[Tb]. The smallest absolute Gasteiger partial charge is 0 e. The molecule has 4 heavy (non-hydrogen) atoms. The molecule has 0 bridgehead atoms. The van der Waals surface area contributed by atoms with E-state index in [9.17, 15) is 0 Å². The Bertz CT molecular complexity index is 8.00. The third-order valence-corrected chi connectivity index (χ3v) is 0. The molecule has 0 aliphatic carbocycles. The second kappa shape index (κ2) is 15.8. The first-order valence-electron chi connectivity index (χ1n) is 0. The molecule has 0 fully saturated rings. The molecule has 0 heterocycles. The standard InChI is InChI=1S/Ce.Eu.La.Tb. The zero-order valence-corrected chi connectivity index (χ0v) is 13.1. The summed E-state index contributed by atoms with van der Waals surface area (Å²) in [4.78, 5) is 0. The van der Waals surface area contributed by atoms with E-state index in [2.05, 4.69) is 0 Å². The Morgan fingerprint density at radius 2 is 1.00 bits per heavy atom. The first kappa shape index (κ1) is 22.7. The number of hydrogen-bond acceptors (Lipinski definition) is 0. The molecule has 0 aromatic heterocycles. The molecule has 0 rings (SSSR count). The van der Waals surface area contributed by atoms with E-state index in [1.807, 2.05) is 0 Å². The minimum absolute atomic E-state index is 0. The molecule has 0 aromatic rings. The summed E-state index contributed by atoms with van der Waals surface area (Å²) in [6.45, 7) is 0. The van der Waals surface area contributed by atoms with Crippen LogP contribution >= 0.6 is 0 Å². The summed E-state index contributed by atoms with van der Waals surface area (Å²) in [6, 6.07) is 0. The minimum Gasteiger partial charge on any atom is 0 e. The minimum atomic E-state index is 0. The van der Waals surface area contributed by atoms with E-state index in [1.54, 1.807) is 0 Å². The summed E-state index contributed by atoms with van der Waals surface area (Å²) in [5.41, 5.74) is 0. The second-order valence-corrected chi connectivity index (χ2v) is 0. The van der Waals surface area contributed by atoms with Crippen LogP contribution in [0.25, 0.3) is 0 Å². The van der Waals surface area contributed by atoms with Crippen molar-refractivity contribution >= 4 is 0 Å². The van der Waals surface area contributed by atoms with Gasteiger partial charge in [0, 0.05) is 165 Å². The van der Waals surface area contributed by atoms with Gasteiger partial charge in [0.25, 0.3) is 0 Å². The van der Waals surface area contributed by atoms with Crippen molar-refractivity contribution in [3.8, 4) is 0 Å². The molecule has 0 saturated heterocycles. The molecule has 0 aromatic carbocycles. The maximum Gasteiger partial charge on any atom is 0 e. The Morgan fingerprint density at radius 3 is 1.00 bits per heavy atom. The van der Waals surface area contributed by atoms with Crippen molar-refractivity contribution in [2.24, 2.45) is 0 Å². The fraction of sp³-hybridized carbons (Fsp3) is 0. The molecule has 0 saturated carbocycles. The van der Waals surface area contributed by atoms with Crippen LogP contribution in [0.5, 0.6) is 0 Å². The van der Waals surface area contributed by atoms with E-state index >= 15 is 0 Å². The predicted octanol–water partition coefficient (Wildman–Crippen LogP) is 0. The Labute approximate surface area is 159 Å².